The van der Waals surface area contributed by atoms with Crippen molar-refractivity contribution in [3.05, 3.63) is 41.5 Å². The van der Waals surface area contributed by atoms with E-state index in [1.807, 2.05) is 19.1 Å². The normalized spacial score (nSPS) is 12.7. The number of hydrogen-bond donors (Lipinski definition) is 2. The van der Waals surface area contributed by atoms with Crippen LogP contribution in [0.5, 0.6) is 5.75 Å². The second-order valence-corrected chi connectivity index (χ2v) is 5.81. The first-order valence-corrected chi connectivity index (χ1v) is 8.57. The minimum atomic E-state index is 0.390. The molecule has 25 heavy (non-hydrogen) atoms. The quantitative estimate of drug-likeness (QED) is 0.565. The molecule has 0 saturated carbocycles. The van der Waals surface area contributed by atoms with Gasteiger partial charge in [-0.05, 0) is 37.0 Å². The van der Waals surface area contributed by atoms with Gasteiger partial charge in [-0.15, -0.1) is 0 Å². The molecule has 0 amide bonds. The van der Waals surface area contributed by atoms with Gasteiger partial charge < -0.3 is 19.9 Å². The molecule has 1 aromatic carbocycles. The standard InChI is InChI=1S/C18H27N5O2/c1-5-19-18(21-12-17-22-14(3)25-23-17)20-11-10-13(2)15-6-8-16(24-4)9-7-15/h6-9,13H,5,10-12H2,1-4H3,(H2,19,20,21). The van der Waals surface area contributed by atoms with Crippen LogP contribution in [0.15, 0.2) is 33.8 Å². The number of aryl methyl sites for hydroxylation is 1. The van der Waals surface area contributed by atoms with Crippen molar-refractivity contribution in [1.82, 2.24) is 20.8 Å². The molecule has 1 heterocycles. The number of hydrogen-bond acceptors (Lipinski definition) is 5. The Bertz CT molecular complexity index is 666. The first-order valence-electron chi connectivity index (χ1n) is 8.57. The Labute approximate surface area is 148 Å². The summed E-state index contributed by atoms with van der Waals surface area (Å²) in [6.07, 6.45) is 0.998. The number of aromatic nitrogens is 2. The van der Waals surface area contributed by atoms with E-state index in [9.17, 15) is 0 Å². The van der Waals surface area contributed by atoms with Crippen LogP contribution in [0, 0.1) is 6.92 Å². The fourth-order valence-corrected chi connectivity index (χ4v) is 2.40. The lowest BCUT2D eigenvalue weighted by Gasteiger charge is -2.15. The highest BCUT2D eigenvalue weighted by Crippen LogP contribution is 2.21. The predicted molar refractivity (Wildman–Crippen MR) is 97.9 cm³/mol. The van der Waals surface area contributed by atoms with Crippen LogP contribution < -0.4 is 15.4 Å². The molecule has 136 valence electrons. The Kier molecular flexibility index (Phi) is 7.25. The maximum Gasteiger partial charge on any atom is 0.223 e. The van der Waals surface area contributed by atoms with Crippen molar-refractivity contribution in [3.8, 4) is 5.75 Å². The Morgan fingerprint density at radius 2 is 2.04 bits per heavy atom. The third-order valence-corrected chi connectivity index (χ3v) is 3.85. The molecule has 0 fully saturated rings. The van der Waals surface area contributed by atoms with Crippen molar-refractivity contribution in [2.24, 2.45) is 4.99 Å². The number of nitrogens with zero attached hydrogens (tertiary/aromatic N) is 3. The highest BCUT2D eigenvalue weighted by Gasteiger charge is 2.07. The number of rotatable bonds is 8. The highest BCUT2D eigenvalue weighted by atomic mass is 16.5. The van der Waals surface area contributed by atoms with E-state index >= 15 is 0 Å². The number of ether oxygens (including phenoxy) is 1. The number of guanidine groups is 1. The number of nitrogens with one attached hydrogen (secondary N) is 2. The topological polar surface area (TPSA) is 84.6 Å². The number of benzene rings is 1. The Morgan fingerprint density at radius 3 is 2.64 bits per heavy atom. The molecular formula is C18H27N5O2. The van der Waals surface area contributed by atoms with Crippen LogP contribution in [-0.4, -0.2) is 36.3 Å². The molecule has 2 N–H and O–H groups in total. The van der Waals surface area contributed by atoms with Gasteiger partial charge in [0.1, 0.15) is 12.3 Å². The third kappa shape index (κ3) is 6.10. The van der Waals surface area contributed by atoms with E-state index in [0.29, 0.717) is 24.2 Å². The van der Waals surface area contributed by atoms with E-state index in [1.165, 1.54) is 5.56 Å². The molecule has 0 aliphatic heterocycles. The van der Waals surface area contributed by atoms with Gasteiger partial charge >= 0.3 is 0 Å². The van der Waals surface area contributed by atoms with E-state index in [4.69, 9.17) is 9.26 Å². The lowest BCUT2D eigenvalue weighted by molar-refractivity contribution is 0.387. The van der Waals surface area contributed by atoms with Crippen molar-refractivity contribution in [2.45, 2.75) is 39.7 Å². The minimum Gasteiger partial charge on any atom is -0.497 e. The second kappa shape index (κ2) is 9.66. The summed E-state index contributed by atoms with van der Waals surface area (Å²) in [5.74, 6) is 3.22. The Balaban J connectivity index is 1.83. The lowest BCUT2D eigenvalue weighted by atomic mass is 9.98. The number of methoxy groups -OCH3 is 1. The summed E-state index contributed by atoms with van der Waals surface area (Å²) in [4.78, 5) is 8.64. The number of aliphatic imine (C=N–C) groups is 1. The maximum absolute atomic E-state index is 5.20. The van der Waals surface area contributed by atoms with Crippen molar-refractivity contribution in [1.29, 1.82) is 0 Å². The molecule has 2 aromatic rings. The summed E-state index contributed by atoms with van der Waals surface area (Å²) in [6, 6.07) is 8.22. The van der Waals surface area contributed by atoms with Gasteiger partial charge in [-0.2, -0.15) is 4.98 Å². The zero-order chi connectivity index (χ0) is 18.1. The third-order valence-electron chi connectivity index (χ3n) is 3.85. The van der Waals surface area contributed by atoms with Gasteiger partial charge in [0.2, 0.25) is 5.89 Å². The van der Waals surface area contributed by atoms with Crippen molar-refractivity contribution in [2.75, 3.05) is 20.2 Å². The summed E-state index contributed by atoms with van der Waals surface area (Å²) >= 11 is 0. The molecule has 2 rings (SSSR count). The fraction of sp³-hybridized carbons (Fsp3) is 0.500. The van der Waals surface area contributed by atoms with Gasteiger partial charge in [0.25, 0.3) is 0 Å². The lowest BCUT2D eigenvalue weighted by Crippen LogP contribution is -2.38. The molecule has 1 atom stereocenters. The molecule has 0 spiro atoms. The largest absolute Gasteiger partial charge is 0.497 e. The fourth-order valence-electron chi connectivity index (χ4n) is 2.40. The summed E-state index contributed by atoms with van der Waals surface area (Å²) in [5, 5.41) is 10.4. The second-order valence-electron chi connectivity index (χ2n) is 5.81. The van der Waals surface area contributed by atoms with Crippen LogP contribution in [-0.2, 0) is 6.54 Å². The van der Waals surface area contributed by atoms with E-state index in [-0.39, 0.29) is 0 Å². The van der Waals surface area contributed by atoms with Crippen LogP contribution in [0.4, 0.5) is 0 Å². The molecule has 0 aliphatic rings. The zero-order valence-electron chi connectivity index (χ0n) is 15.4. The van der Waals surface area contributed by atoms with Gasteiger partial charge in [-0.25, -0.2) is 4.99 Å². The van der Waals surface area contributed by atoms with Crippen LogP contribution in [0.3, 0.4) is 0 Å². The van der Waals surface area contributed by atoms with Gasteiger partial charge in [-0.3, -0.25) is 0 Å². The molecular weight excluding hydrogens is 318 g/mol. The maximum atomic E-state index is 5.20. The van der Waals surface area contributed by atoms with Crippen LogP contribution in [0.1, 0.15) is 43.5 Å². The SMILES string of the molecule is CCNC(=NCc1noc(C)n1)NCCC(C)c1ccc(OC)cc1. The zero-order valence-corrected chi connectivity index (χ0v) is 15.4. The first kappa shape index (κ1) is 18.8. The van der Waals surface area contributed by atoms with Gasteiger partial charge in [0.15, 0.2) is 11.8 Å². The van der Waals surface area contributed by atoms with Gasteiger partial charge in [-0.1, -0.05) is 24.2 Å². The monoisotopic (exact) mass is 345 g/mol. The molecule has 1 unspecified atom stereocenters. The Morgan fingerprint density at radius 1 is 1.28 bits per heavy atom. The van der Waals surface area contributed by atoms with E-state index in [0.717, 1.165) is 31.2 Å². The van der Waals surface area contributed by atoms with E-state index < -0.39 is 0 Å². The van der Waals surface area contributed by atoms with Gasteiger partial charge in [0.05, 0.1) is 7.11 Å². The molecule has 1 aromatic heterocycles. The average Bonchev–Trinajstić information content (AvgIpc) is 3.05. The van der Waals surface area contributed by atoms with Crippen molar-refractivity contribution < 1.29 is 9.26 Å². The van der Waals surface area contributed by atoms with Crippen LogP contribution >= 0.6 is 0 Å². The molecule has 0 saturated heterocycles. The molecule has 0 aliphatic carbocycles. The molecule has 0 radical (unpaired) electrons. The minimum absolute atomic E-state index is 0.390. The Hall–Kier alpha value is -2.57. The first-order chi connectivity index (χ1) is 12.1. The van der Waals surface area contributed by atoms with E-state index in [2.05, 4.69) is 44.8 Å². The summed E-state index contributed by atoms with van der Waals surface area (Å²) in [5.41, 5.74) is 1.30. The summed E-state index contributed by atoms with van der Waals surface area (Å²) in [6.45, 7) is 8.03. The van der Waals surface area contributed by atoms with Crippen LogP contribution in [0.25, 0.3) is 0 Å². The molecule has 7 nitrogen and oxygen atoms in total. The highest BCUT2D eigenvalue weighted by molar-refractivity contribution is 5.79. The van der Waals surface area contributed by atoms with Crippen molar-refractivity contribution in [3.63, 3.8) is 0 Å². The van der Waals surface area contributed by atoms with E-state index in [1.54, 1.807) is 14.0 Å². The molecule has 7 heteroatoms. The van der Waals surface area contributed by atoms with Crippen molar-refractivity contribution >= 4 is 5.96 Å². The smallest absolute Gasteiger partial charge is 0.223 e. The average molecular weight is 345 g/mol. The summed E-state index contributed by atoms with van der Waals surface area (Å²) in [7, 11) is 1.68. The molecule has 0 bridgehead atoms. The van der Waals surface area contributed by atoms with Crippen LogP contribution in [0.2, 0.25) is 0 Å². The summed E-state index contributed by atoms with van der Waals surface area (Å²) < 4.78 is 10.2. The predicted octanol–water partition coefficient (Wildman–Crippen LogP) is 2.64. The van der Waals surface area contributed by atoms with Gasteiger partial charge in [0, 0.05) is 20.0 Å².